The number of piperazine rings is 1. The molecule has 6 fully saturated rings. The van der Waals surface area contributed by atoms with Gasteiger partial charge in [0.2, 0.25) is 0 Å². The van der Waals surface area contributed by atoms with Crippen LogP contribution in [-0.4, -0.2) is 110 Å². The Labute approximate surface area is 200 Å². The first-order valence-electron chi connectivity index (χ1n) is 13.3. The van der Waals surface area contributed by atoms with Crippen LogP contribution in [0.2, 0.25) is 0 Å². The van der Waals surface area contributed by atoms with Crippen molar-refractivity contribution in [3.8, 4) is 0 Å². The maximum atomic E-state index is 5.68. The van der Waals surface area contributed by atoms with E-state index < -0.39 is 0 Å². The summed E-state index contributed by atoms with van der Waals surface area (Å²) < 4.78 is 5.68. The third-order valence-electron chi connectivity index (χ3n) is 8.65. The van der Waals surface area contributed by atoms with Gasteiger partial charge in [-0.05, 0) is 82.1 Å². The molecule has 0 aromatic rings. The van der Waals surface area contributed by atoms with Gasteiger partial charge in [0, 0.05) is 65.0 Å². The van der Waals surface area contributed by atoms with Crippen molar-refractivity contribution in [2.45, 2.75) is 63.3 Å². The van der Waals surface area contributed by atoms with E-state index in [-0.39, 0.29) is 0 Å². The average molecular weight is 465 g/mol. The maximum absolute atomic E-state index is 5.68. The van der Waals surface area contributed by atoms with Crippen LogP contribution in [0.1, 0.15) is 44.9 Å². The van der Waals surface area contributed by atoms with Crippen LogP contribution in [0.25, 0.3) is 0 Å². The van der Waals surface area contributed by atoms with Crippen LogP contribution in [0.15, 0.2) is 0 Å². The number of thiocarbonyl (C=S) groups is 1. The van der Waals surface area contributed by atoms with Gasteiger partial charge in [0.25, 0.3) is 0 Å². The molecule has 6 aliphatic rings. The van der Waals surface area contributed by atoms with Gasteiger partial charge >= 0.3 is 0 Å². The molecule has 0 aromatic heterocycles. The molecule has 0 amide bonds. The lowest BCUT2D eigenvalue weighted by Gasteiger charge is -2.51. The van der Waals surface area contributed by atoms with Crippen LogP contribution in [0, 0.1) is 11.8 Å². The Balaban J connectivity index is 1.00. The van der Waals surface area contributed by atoms with E-state index in [1.54, 1.807) is 0 Å². The summed E-state index contributed by atoms with van der Waals surface area (Å²) in [5.41, 5.74) is 0. The lowest BCUT2D eigenvalue weighted by atomic mass is 9.75. The largest absolute Gasteiger partial charge is 0.376 e. The third-order valence-corrected chi connectivity index (χ3v) is 8.94. The van der Waals surface area contributed by atoms with E-state index in [0.717, 1.165) is 43.1 Å². The molecule has 6 atom stereocenters. The highest BCUT2D eigenvalue weighted by molar-refractivity contribution is 7.80. The minimum Gasteiger partial charge on any atom is -0.376 e. The zero-order valence-corrected chi connectivity index (χ0v) is 20.6. The molecule has 6 heterocycles. The molecule has 6 saturated heterocycles. The molecule has 0 spiro atoms. The van der Waals surface area contributed by atoms with Crippen molar-refractivity contribution in [1.82, 2.24) is 30.7 Å². The Morgan fingerprint density at radius 3 is 2.53 bits per heavy atom. The molecule has 182 valence electrons. The number of fused-ring (bicyclic) bond motifs is 3. The SMILES string of the molecule is S=C(NCC1CCCO1)NC[C@H]1C[C@@H]2CCN1C[C@H]2CN1CCN(C2CCCCN2)CC1. The standard InChI is InChI=1S/C24H44N6OS/c32-24(27-16-22-4-3-13-31-22)26-15-21-14-19-6-8-30(21)18-20(19)17-28-9-11-29(12-10-28)23-5-1-2-7-25-23/h19-23,25H,1-18H2,(H2,26,27,32)/t19-,20+,21+,22?,23?/m0/s1. The molecule has 2 bridgehead atoms. The lowest BCUT2D eigenvalue weighted by Crippen LogP contribution is -2.60. The Bertz CT molecular complexity index is 603. The number of nitrogens with zero attached hydrogens (tertiary/aromatic N) is 3. The Kier molecular flexibility index (Phi) is 8.19. The van der Waals surface area contributed by atoms with Crippen molar-refractivity contribution >= 4 is 17.3 Å². The fourth-order valence-corrected chi connectivity index (χ4v) is 6.85. The van der Waals surface area contributed by atoms with Crippen LogP contribution in [0.5, 0.6) is 0 Å². The molecule has 0 aliphatic carbocycles. The van der Waals surface area contributed by atoms with E-state index in [1.807, 2.05) is 0 Å². The Hall–Kier alpha value is -0.510. The van der Waals surface area contributed by atoms with Crippen LogP contribution in [0.4, 0.5) is 0 Å². The zero-order chi connectivity index (χ0) is 21.8. The maximum Gasteiger partial charge on any atom is 0.166 e. The summed E-state index contributed by atoms with van der Waals surface area (Å²) in [6.07, 6.45) is 10.1. The summed E-state index contributed by atoms with van der Waals surface area (Å²) >= 11 is 5.52. The summed E-state index contributed by atoms with van der Waals surface area (Å²) in [4.78, 5) is 8.19. The monoisotopic (exact) mass is 464 g/mol. The van der Waals surface area contributed by atoms with E-state index >= 15 is 0 Å². The fraction of sp³-hybridized carbons (Fsp3) is 0.958. The van der Waals surface area contributed by atoms with Crippen LogP contribution < -0.4 is 16.0 Å². The quantitative estimate of drug-likeness (QED) is 0.484. The van der Waals surface area contributed by atoms with Crippen molar-refractivity contribution < 1.29 is 4.74 Å². The minimum absolute atomic E-state index is 0.339. The summed E-state index contributed by atoms with van der Waals surface area (Å²) in [6.45, 7) is 12.7. The molecule has 0 saturated carbocycles. The highest BCUT2D eigenvalue weighted by Crippen LogP contribution is 2.36. The Morgan fingerprint density at radius 1 is 0.938 bits per heavy atom. The van der Waals surface area contributed by atoms with Gasteiger partial charge in [0.1, 0.15) is 0 Å². The molecule has 7 nitrogen and oxygen atoms in total. The predicted octanol–water partition coefficient (Wildman–Crippen LogP) is 1.06. The number of nitrogens with one attached hydrogen (secondary N) is 3. The minimum atomic E-state index is 0.339. The first kappa shape index (κ1) is 23.2. The molecular formula is C24H44N6OS. The lowest BCUT2D eigenvalue weighted by molar-refractivity contribution is -0.0201. The van der Waals surface area contributed by atoms with Crippen molar-refractivity contribution in [1.29, 1.82) is 0 Å². The first-order chi connectivity index (χ1) is 15.7. The van der Waals surface area contributed by atoms with E-state index in [9.17, 15) is 0 Å². The zero-order valence-electron chi connectivity index (χ0n) is 19.8. The normalized spacial score (nSPS) is 38.6. The van der Waals surface area contributed by atoms with Gasteiger partial charge in [-0.15, -0.1) is 0 Å². The molecule has 8 heteroatoms. The molecule has 3 N–H and O–H groups in total. The molecule has 3 unspecified atom stereocenters. The molecule has 32 heavy (non-hydrogen) atoms. The van der Waals surface area contributed by atoms with Crippen LogP contribution in [-0.2, 0) is 4.74 Å². The van der Waals surface area contributed by atoms with E-state index in [2.05, 4.69) is 30.7 Å². The first-order valence-corrected chi connectivity index (χ1v) is 13.7. The van der Waals surface area contributed by atoms with Gasteiger partial charge in [0.15, 0.2) is 5.11 Å². The highest BCUT2D eigenvalue weighted by Gasteiger charge is 2.40. The molecule has 6 aliphatic heterocycles. The van der Waals surface area contributed by atoms with Gasteiger partial charge in [-0.3, -0.25) is 9.80 Å². The van der Waals surface area contributed by atoms with Gasteiger partial charge in [0.05, 0.1) is 12.3 Å². The van der Waals surface area contributed by atoms with Crippen molar-refractivity contribution in [2.24, 2.45) is 11.8 Å². The van der Waals surface area contributed by atoms with Gasteiger partial charge < -0.3 is 25.6 Å². The molecular weight excluding hydrogens is 420 g/mol. The van der Waals surface area contributed by atoms with Crippen molar-refractivity contribution in [3.63, 3.8) is 0 Å². The Morgan fingerprint density at radius 2 is 1.81 bits per heavy atom. The topological polar surface area (TPSA) is 55.0 Å². The van der Waals surface area contributed by atoms with E-state index in [1.165, 1.54) is 90.9 Å². The molecule has 0 aromatic carbocycles. The molecule has 6 rings (SSSR count). The van der Waals surface area contributed by atoms with Gasteiger partial charge in [-0.2, -0.15) is 0 Å². The number of piperidine rings is 4. The van der Waals surface area contributed by atoms with E-state index in [4.69, 9.17) is 17.0 Å². The second kappa shape index (κ2) is 11.3. The summed E-state index contributed by atoms with van der Waals surface area (Å²) in [5, 5.41) is 11.4. The van der Waals surface area contributed by atoms with Crippen molar-refractivity contribution in [3.05, 3.63) is 0 Å². The van der Waals surface area contributed by atoms with Crippen LogP contribution in [0.3, 0.4) is 0 Å². The van der Waals surface area contributed by atoms with Crippen molar-refractivity contribution in [2.75, 3.05) is 72.1 Å². The van der Waals surface area contributed by atoms with Gasteiger partial charge in [-0.1, -0.05) is 0 Å². The smallest absolute Gasteiger partial charge is 0.166 e. The summed E-state index contributed by atoms with van der Waals surface area (Å²) in [6, 6.07) is 0.640. The van der Waals surface area contributed by atoms with E-state index in [0.29, 0.717) is 18.3 Å². The second-order valence-electron chi connectivity index (χ2n) is 10.7. The second-order valence-corrected chi connectivity index (χ2v) is 11.1. The highest BCUT2D eigenvalue weighted by atomic mass is 32.1. The number of ether oxygens (including phenoxy) is 1. The summed E-state index contributed by atoms with van der Waals surface area (Å²) in [7, 11) is 0. The third kappa shape index (κ3) is 5.94. The van der Waals surface area contributed by atoms with Crippen LogP contribution >= 0.6 is 12.2 Å². The fourth-order valence-electron chi connectivity index (χ4n) is 6.69. The van der Waals surface area contributed by atoms with Gasteiger partial charge in [-0.25, -0.2) is 0 Å². The predicted molar refractivity (Wildman–Crippen MR) is 133 cm³/mol. The summed E-state index contributed by atoms with van der Waals surface area (Å²) in [5.74, 6) is 1.74. The molecule has 0 radical (unpaired) electrons. The number of rotatable bonds is 7. The number of hydrogen-bond donors (Lipinski definition) is 3. The average Bonchev–Trinajstić information content (AvgIpc) is 3.37. The number of hydrogen-bond acceptors (Lipinski definition) is 6.